The first-order valence-corrected chi connectivity index (χ1v) is 11.7. The van der Waals surface area contributed by atoms with Gasteiger partial charge in [-0.25, -0.2) is 0 Å². The minimum absolute atomic E-state index is 0.107. The van der Waals surface area contributed by atoms with Crippen LogP contribution in [-0.2, 0) is 20.1 Å². The van der Waals surface area contributed by atoms with E-state index in [2.05, 4.69) is 39.7 Å². The molecule has 0 saturated carbocycles. The molecule has 1 atom stereocenters. The number of aromatic nitrogens is 3. The summed E-state index contributed by atoms with van der Waals surface area (Å²) >= 11 is 0. The molecule has 0 amide bonds. The number of hydrogen-bond donors (Lipinski definition) is 0. The summed E-state index contributed by atoms with van der Waals surface area (Å²) in [6.07, 6.45) is 7.23. The van der Waals surface area contributed by atoms with Gasteiger partial charge in [-0.15, -0.1) is 0 Å². The Morgan fingerprint density at radius 3 is 2.85 bits per heavy atom. The average molecular weight is 441 g/mol. The van der Waals surface area contributed by atoms with Crippen molar-refractivity contribution in [2.45, 2.75) is 38.8 Å². The molecule has 6 nitrogen and oxygen atoms in total. The second-order valence-corrected chi connectivity index (χ2v) is 9.25. The highest BCUT2D eigenvalue weighted by molar-refractivity contribution is 5.88. The molecular weight excluding hydrogens is 412 g/mol. The average Bonchev–Trinajstić information content (AvgIpc) is 3.41. The maximum absolute atomic E-state index is 12.9. The molecule has 6 heteroatoms. The summed E-state index contributed by atoms with van der Waals surface area (Å²) in [4.78, 5) is 19.9. The first-order chi connectivity index (χ1) is 16.1. The summed E-state index contributed by atoms with van der Waals surface area (Å²) in [6, 6.07) is 14.3. The lowest BCUT2D eigenvalue weighted by Crippen LogP contribution is -2.31. The summed E-state index contributed by atoms with van der Waals surface area (Å²) in [6.45, 7) is 4.70. The van der Waals surface area contributed by atoms with Gasteiger partial charge in [0, 0.05) is 55.6 Å². The normalized spacial score (nSPS) is 17.8. The zero-order chi connectivity index (χ0) is 22.5. The molecule has 168 valence electrons. The number of benzene rings is 1. The number of pyridine rings is 2. The van der Waals surface area contributed by atoms with Gasteiger partial charge in [0.1, 0.15) is 12.4 Å². The van der Waals surface area contributed by atoms with Gasteiger partial charge in [0.05, 0.1) is 16.9 Å². The fraction of sp³-hybridized carbons (Fsp3) is 0.333. The Labute approximate surface area is 193 Å². The molecule has 4 aromatic rings. The van der Waals surface area contributed by atoms with Crippen LogP contribution in [0.15, 0.2) is 59.7 Å². The van der Waals surface area contributed by atoms with E-state index in [0.29, 0.717) is 18.4 Å². The third-order valence-corrected chi connectivity index (χ3v) is 7.21. The zero-order valence-electron chi connectivity index (χ0n) is 19.1. The van der Waals surface area contributed by atoms with Gasteiger partial charge in [-0.1, -0.05) is 12.1 Å². The van der Waals surface area contributed by atoms with Crippen LogP contribution < -0.4 is 10.3 Å². The molecule has 1 fully saturated rings. The predicted molar refractivity (Wildman–Crippen MR) is 129 cm³/mol. The van der Waals surface area contributed by atoms with Crippen LogP contribution in [0.1, 0.15) is 41.4 Å². The van der Waals surface area contributed by atoms with Crippen LogP contribution in [0.5, 0.6) is 5.75 Å². The summed E-state index contributed by atoms with van der Waals surface area (Å²) in [5.74, 6) is 0.551. The Kier molecular flexibility index (Phi) is 4.84. The molecule has 0 spiro atoms. The molecule has 6 rings (SSSR count). The monoisotopic (exact) mass is 440 g/mol. The fourth-order valence-corrected chi connectivity index (χ4v) is 5.51. The van der Waals surface area contributed by atoms with Crippen molar-refractivity contribution in [2.24, 2.45) is 7.05 Å². The van der Waals surface area contributed by atoms with Crippen molar-refractivity contribution >= 4 is 10.9 Å². The van der Waals surface area contributed by atoms with Gasteiger partial charge in [0.2, 0.25) is 0 Å². The van der Waals surface area contributed by atoms with Crippen LogP contribution in [0.2, 0.25) is 0 Å². The van der Waals surface area contributed by atoms with Crippen molar-refractivity contribution in [3.05, 3.63) is 87.7 Å². The van der Waals surface area contributed by atoms with Gasteiger partial charge in [-0.3, -0.25) is 19.2 Å². The maximum atomic E-state index is 12.9. The number of ether oxygens (including phenoxy) is 1. The highest BCUT2D eigenvalue weighted by Gasteiger charge is 2.34. The molecule has 1 unspecified atom stereocenters. The zero-order valence-corrected chi connectivity index (χ0v) is 19.1. The first-order valence-electron chi connectivity index (χ1n) is 11.7. The highest BCUT2D eigenvalue weighted by atomic mass is 16.5. The molecule has 0 bridgehead atoms. The molecule has 1 aromatic carbocycles. The SMILES string of the molecule is Cc1ccc(COc2ccn(-c3ccc4c5c(n(C)c4c3)CCN3CCCC53)c(=O)c2)nc1. The molecular formula is C27H28N4O2. The minimum Gasteiger partial charge on any atom is -0.487 e. The molecule has 0 aliphatic carbocycles. The van der Waals surface area contributed by atoms with Crippen LogP contribution in [0.25, 0.3) is 16.6 Å². The van der Waals surface area contributed by atoms with E-state index in [0.717, 1.165) is 29.9 Å². The lowest BCUT2D eigenvalue weighted by Gasteiger charge is -2.30. The Morgan fingerprint density at radius 2 is 2.03 bits per heavy atom. The summed E-state index contributed by atoms with van der Waals surface area (Å²) in [7, 11) is 2.16. The molecule has 2 aliphatic rings. The highest BCUT2D eigenvalue weighted by Crippen LogP contribution is 2.42. The lowest BCUT2D eigenvalue weighted by molar-refractivity contribution is 0.242. The van der Waals surface area contributed by atoms with Crippen LogP contribution in [0.4, 0.5) is 0 Å². The third kappa shape index (κ3) is 3.45. The maximum Gasteiger partial charge on any atom is 0.258 e. The van der Waals surface area contributed by atoms with Gasteiger partial charge in [0.15, 0.2) is 0 Å². The van der Waals surface area contributed by atoms with E-state index < -0.39 is 0 Å². The fourth-order valence-electron chi connectivity index (χ4n) is 5.51. The van der Waals surface area contributed by atoms with Crippen LogP contribution >= 0.6 is 0 Å². The first kappa shape index (κ1) is 20.2. The number of fused-ring (bicyclic) bond motifs is 5. The van der Waals surface area contributed by atoms with Gasteiger partial charge in [-0.2, -0.15) is 0 Å². The topological polar surface area (TPSA) is 52.3 Å². The van der Waals surface area contributed by atoms with Crippen molar-refractivity contribution in [3.63, 3.8) is 0 Å². The molecule has 1 saturated heterocycles. The largest absolute Gasteiger partial charge is 0.487 e. The van der Waals surface area contributed by atoms with Crippen LogP contribution in [0.3, 0.4) is 0 Å². The molecule has 0 N–H and O–H groups in total. The lowest BCUT2D eigenvalue weighted by atomic mass is 9.96. The third-order valence-electron chi connectivity index (χ3n) is 7.21. The standard InChI is InChI=1S/C27H28N4O2/c1-18-5-6-19(28-16-18)17-33-21-9-13-31(26(32)15-21)20-7-8-22-25(14-20)29(2)23-10-12-30-11-3-4-24(30)27(22)23/h5-9,13-16,24H,3-4,10-12,17H2,1-2H3. The van der Waals surface area contributed by atoms with E-state index in [-0.39, 0.29) is 5.56 Å². The van der Waals surface area contributed by atoms with E-state index in [1.807, 2.05) is 31.3 Å². The second kappa shape index (κ2) is 7.89. The predicted octanol–water partition coefficient (Wildman–Crippen LogP) is 4.30. The summed E-state index contributed by atoms with van der Waals surface area (Å²) < 4.78 is 9.82. The smallest absolute Gasteiger partial charge is 0.258 e. The van der Waals surface area contributed by atoms with Gasteiger partial charge in [0.25, 0.3) is 5.56 Å². The molecule has 2 aliphatic heterocycles. The van der Waals surface area contributed by atoms with E-state index in [4.69, 9.17) is 4.74 Å². The Hall–Kier alpha value is -3.38. The Morgan fingerprint density at radius 1 is 1.12 bits per heavy atom. The molecule has 33 heavy (non-hydrogen) atoms. The van der Waals surface area contributed by atoms with Gasteiger partial charge >= 0.3 is 0 Å². The Bertz CT molecular complexity index is 1400. The van der Waals surface area contributed by atoms with Crippen molar-refractivity contribution < 1.29 is 4.74 Å². The number of nitrogens with zero attached hydrogens (tertiary/aromatic N) is 4. The van der Waals surface area contributed by atoms with Crippen molar-refractivity contribution in [3.8, 4) is 11.4 Å². The van der Waals surface area contributed by atoms with Gasteiger partial charge < -0.3 is 9.30 Å². The minimum atomic E-state index is -0.107. The molecule has 5 heterocycles. The number of rotatable bonds is 4. The summed E-state index contributed by atoms with van der Waals surface area (Å²) in [5, 5.41) is 1.33. The van der Waals surface area contributed by atoms with Crippen LogP contribution in [0, 0.1) is 6.92 Å². The molecule has 3 aromatic heterocycles. The number of aryl methyl sites for hydroxylation is 2. The van der Waals surface area contributed by atoms with Crippen molar-refractivity contribution in [2.75, 3.05) is 13.1 Å². The van der Waals surface area contributed by atoms with Gasteiger partial charge in [-0.05, 0) is 61.7 Å². The second-order valence-electron chi connectivity index (χ2n) is 9.25. The van der Waals surface area contributed by atoms with E-state index in [1.54, 1.807) is 16.8 Å². The van der Waals surface area contributed by atoms with E-state index >= 15 is 0 Å². The quantitative estimate of drug-likeness (QED) is 0.475. The van der Waals surface area contributed by atoms with Crippen molar-refractivity contribution in [1.82, 2.24) is 19.0 Å². The summed E-state index contributed by atoms with van der Waals surface area (Å²) in [5.41, 5.74) is 6.87. The van der Waals surface area contributed by atoms with E-state index in [9.17, 15) is 4.79 Å². The van der Waals surface area contributed by atoms with Crippen LogP contribution in [-0.4, -0.2) is 32.1 Å². The number of hydrogen-bond acceptors (Lipinski definition) is 4. The van der Waals surface area contributed by atoms with Crippen molar-refractivity contribution in [1.29, 1.82) is 0 Å². The molecule has 0 radical (unpaired) electrons. The van der Waals surface area contributed by atoms with E-state index in [1.165, 1.54) is 41.5 Å². The Balaban J connectivity index is 1.30.